The Kier molecular flexibility index (Phi) is 51.9. The van der Waals surface area contributed by atoms with Gasteiger partial charge in [0.25, 0.3) is 0 Å². The minimum Gasteiger partial charge on any atom is -0.481 e. The molecule has 0 fully saturated rings. The summed E-state index contributed by atoms with van der Waals surface area (Å²) in [4.78, 5) is 22.2. The predicted molar refractivity (Wildman–Crippen MR) is 239 cm³/mol. The molecule has 4 heteroatoms. The van der Waals surface area contributed by atoms with Crippen molar-refractivity contribution < 1.29 is 19.4 Å². The Bertz CT molecular complexity index is 773. The van der Waals surface area contributed by atoms with Gasteiger partial charge in [0.15, 0.2) is 0 Å². The lowest BCUT2D eigenvalue weighted by Crippen LogP contribution is -2.05. The summed E-state index contributed by atoms with van der Waals surface area (Å²) in [7, 11) is 0. The molecule has 0 radical (unpaired) electrons. The number of hydrogen-bond acceptors (Lipinski definition) is 3. The van der Waals surface area contributed by atoms with Gasteiger partial charge in [-0.25, -0.2) is 0 Å². The van der Waals surface area contributed by atoms with Crippen molar-refractivity contribution >= 4 is 11.9 Å². The smallest absolute Gasteiger partial charge is 0.305 e. The van der Waals surface area contributed by atoms with E-state index in [1.54, 1.807) is 0 Å². The van der Waals surface area contributed by atoms with Gasteiger partial charge in [-0.3, -0.25) is 9.59 Å². The molecule has 0 unspecified atom stereocenters. The van der Waals surface area contributed by atoms with Crippen LogP contribution in [-0.4, -0.2) is 23.7 Å². The van der Waals surface area contributed by atoms with Crippen molar-refractivity contribution in [1.29, 1.82) is 0 Å². The highest BCUT2D eigenvalue weighted by molar-refractivity contribution is 5.69. The van der Waals surface area contributed by atoms with Gasteiger partial charge in [-0.05, 0) is 51.4 Å². The number of carbonyl (C=O) groups is 2. The monoisotopic (exact) mass is 761 g/mol. The van der Waals surface area contributed by atoms with Gasteiger partial charge in [-0.1, -0.05) is 238 Å². The average molecular weight is 761 g/mol. The zero-order valence-corrected chi connectivity index (χ0v) is 37.0. The van der Waals surface area contributed by atoms with E-state index in [-0.39, 0.29) is 5.97 Å². The third-order valence-corrected chi connectivity index (χ3v) is 10.6. The second-order valence-electron chi connectivity index (χ2n) is 16.2. The summed E-state index contributed by atoms with van der Waals surface area (Å²) >= 11 is 0. The van der Waals surface area contributed by atoms with Crippen LogP contribution >= 0.6 is 0 Å². The number of carboxylic acids is 1. The molecule has 0 aromatic carbocycles. The fraction of sp³-hybridized carbons (Fsp3) is 0.880. The lowest BCUT2D eigenvalue weighted by Gasteiger charge is -2.05. The van der Waals surface area contributed by atoms with Crippen molar-refractivity contribution in [2.24, 2.45) is 0 Å². The van der Waals surface area contributed by atoms with Crippen LogP contribution in [0.5, 0.6) is 0 Å². The van der Waals surface area contributed by atoms with Crippen molar-refractivity contribution in [2.75, 3.05) is 6.61 Å². The number of hydrogen-bond donors (Lipinski definition) is 1. The molecule has 0 aliphatic heterocycles. The minimum absolute atomic E-state index is 0.0108. The quantitative estimate of drug-likeness (QED) is 0.0382. The Labute approximate surface area is 338 Å². The third kappa shape index (κ3) is 54.8. The topological polar surface area (TPSA) is 63.6 Å². The SMILES string of the molecule is CCCCC/C=C\C/C=C\CCCCCCCC(=O)OCCCCCCCCCCCCCCCCCC.CCCCCCCCCCCCCC(=O)O. The number of unbranched alkanes of at least 4 members (excludes halogenated alkanes) is 33. The summed E-state index contributed by atoms with van der Waals surface area (Å²) in [6.45, 7) is 7.41. The van der Waals surface area contributed by atoms with Gasteiger partial charge in [-0.2, -0.15) is 0 Å². The van der Waals surface area contributed by atoms with Gasteiger partial charge >= 0.3 is 11.9 Å². The zero-order valence-electron chi connectivity index (χ0n) is 37.0. The standard InChI is InChI=1S/C36H68O2.C14H28O2/c1-3-5-7-9-11-13-15-17-19-21-23-25-27-29-31-33-35-38-36(37)34-32-30-28-26-24-22-20-18-16-14-12-10-8-6-4-2;1-2-3-4-5-6-7-8-9-10-11-12-13-14(15)16/h12,14,18,20H,3-11,13,15-17,19,21-35H2,1-2H3;2-13H2,1H3,(H,15,16)/b14-12-,20-18-;. The van der Waals surface area contributed by atoms with Gasteiger partial charge in [0.2, 0.25) is 0 Å². The van der Waals surface area contributed by atoms with Crippen LogP contribution in [0.15, 0.2) is 24.3 Å². The second-order valence-corrected chi connectivity index (χ2v) is 16.2. The molecule has 0 atom stereocenters. The fourth-order valence-corrected chi connectivity index (χ4v) is 6.93. The molecule has 0 aliphatic rings. The van der Waals surface area contributed by atoms with Crippen LogP contribution in [0.3, 0.4) is 0 Å². The van der Waals surface area contributed by atoms with E-state index in [0.717, 1.165) is 38.5 Å². The van der Waals surface area contributed by atoms with Crippen LogP contribution in [0, 0.1) is 0 Å². The van der Waals surface area contributed by atoms with Crippen molar-refractivity contribution in [2.45, 2.75) is 278 Å². The number of rotatable bonds is 43. The Balaban J connectivity index is 0. The van der Waals surface area contributed by atoms with E-state index in [1.807, 2.05) is 0 Å². The Hall–Kier alpha value is -1.58. The molecule has 0 saturated heterocycles. The highest BCUT2D eigenvalue weighted by atomic mass is 16.5. The number of esters is 1. The molecule has 54 heavy (non-hydrogen) atoms. The van der Waals surface area contributed by atoms with Gasteiger partial charge < -0.3 is 9.84 Å². The number of ether oxygens (including phenoxy) is 1. The maximum absolute atomic E-state index is 11.9. The van der Waals surface area contributed by atoms with E-state index >= 15 is 0 Å². The molecule has 0 saturated carbocycles. The first-order valence-electron chi connectivity index (χ1n) is 24.3. The largest absolute Gasteiger partial charge is 0.481 e. The van der Waals surface area contributed by atoms with Crippen molar-refractivity contribution in [3.63, 3.8) is 0 Å². The Morgan fingerprint density at radius 1 is 0.370 bits per heavy atom. The van der Waals surface area contributed by atoms with Crippen LogP contribution in [0.4, 0.5) is 0 Å². The van der Waals surface area contributed by atoms with E-state index < -0.39 is 5.97 Å². The molecular formula is C50H96O4. The number of aliphatic carboxylic acids is 1. The van der Waals surface area contributed by atoms with E-state index in [4.69, 9.17) is 9.84 Å². The van der Waals surface area contributed by atoms with Gasteiger partial charge in [0, 0.05) is 12.8 Å². The molecule has 0 bridgehead atoms. The molecule has 0 aromatic rings. The zero-order chi connectivity index (χ0) is 39.7. The Morgan fingerprint density at radius 2 is 0.667 bits per heavy atom. The lowest BCUT2D eigenvalue weighted by molar-refractivity contribution is -0.144. The molecule has 0 heterocycles. The summed E-state index contributed by atoms with van der Waals surface area (Å²) in [5.74, 6) is -0.646. The first-order valence-corrected chi connectivity index (χ1v) is 24.3. The molecule has 4 nitrogen and oxygen atoms in total. The van der Waals surface area contributed by atoms with E-state index in [0.29, 0.717) is 19.4 Å². The van der Waals surface area contributed by atoms with E-state index in [1.165, 1.54) is 205 Å². The third-order valence-electron chi connectivity index (χ3n) is 10.6. The number of carboxylic acid groups (broad SMARTS) is 1. The molecule has 0 rings (SSSR count). The summed E-state index contributed by atoms with van der Waals surface area (Å²) in [5, 5.41) is 8.46. The van der Waals surface area contributed by atoms with Gasteiger partial charge in [0.05, 0.1) is 6.61 Å². The van der Waals surface area contributed by atoms with Crippen LogP contribution in [-0.2, 0) is 14.3 Å². The highest BCUT2D eigenvalue weighted by Crippen LogP contribution is 2.15. The number of carbonyl (C=O) groups excluding carboxylic acids is 1. The molecule has 320 valence electrons. The molecule has 0 spiro atoms. The second kappa shape index (κ2) is 51.4. The molecule has 0 aromatic heterocycles. The Morgan fingerprint density at radius 3 is 1.06 bits per heavy atom. The molecule has 0 aliphatic carbocycles. The van der Waals surface area contributed by atoms with Crippen molar-refractivity contribution in [3.8, 4) is 0 Å². The molecule has 1 N–H and O–H groups in total. The molecular weight excluding hydrogens is 665 g/mol. The normalized spacial score (nSPS) is 11.4. The van der Waals surface area contributed by atoms with Crippen molar-refractivity contribution in [1.82, 2.24) is 0 Å². The highest BCUT2D eigenvalue weighted by Gasteiger charge is 2.03. The van der Waals surface area contributed by atoms with Crippen LogP contribution in [0.25, 0.3) is 0 Å². The van der Waals surface area contributed by atoms with Gasteiger partial charge in [0.1, 0.15) is 0 Å². The maximum atomic E-state index is 11.9. The fourth-order valence-electron chi connectivity index (χ4n) is 6.93. The van der Waals surface area contributed by atoms with E-state index in [2.05, 4.69) is 45.1 Å². The first-order chi connectivity index (χ1) is 26.6. The predicted octanol–water partition coefficient (Wildman–Crippen LogP) is 17.4. The lowest BCUT2D eigenvalue weighted by atomic mass is 10.0. The maximum Gasteiger partial charge on any atom is 0.305 e. The van der Waals surface area contributed by atoms with Gasteiger partial charge in [-0.15, -0.1) is 0 Å². The van der Waals surface area contributed by atoms with Crippen LogP contribution in [0.1, 0.15) is 278 Å². The minimum atomic E-state index is -0.657. The summed E-state index contributed by atoms with van der Waals surface area (Å²) < 4.78 is 5.43. The summed E-state index contributed by atoms with van der Waals surface area (Å²) in [6.07, 6.45) is 59.5. The van der Waals surface area contributed by atoms with Crippen LogP contribution < -0.4 is 0 Å². The summed E-state index contributed by atoms with van der Waals surface area (Å²) in [6, 6.07) is 0. The van der Waals surface area contributed by atoms with E-state index in [9.17, 15) is 9.59 Å². The van der Waals surface area contributed by atoms with Crippen molar-refractivity contribution in [3.05, 3.63) is 24.3 Å². The van der Waals surface area contributed by atoms with Crippen LogP contribution in [0.2, 0.25) is 0 Å². The average Bonchev–Trinajstić information content (AvgIpc) is 3.16. The molecule has 0 amide bonds. The number of allylic oxidation sites excluding steroid dienone is 4. The first kappa shape index (κ1) is 54.5. The summed E-state index contributed by atoms with van der Waals surface area (Å²) in [5.41, 5.74) is 0.